The number of para-hydroxylation sites is 3. The second-order valence-electron chi connectivity index (χ2n) is 7.99. The van der Waals surface area contributed by atoms with Crippen LogP contribution in [0.15, 0.2) is 102 Å². The number of carbonyl (C=O) groups is 1. The molecule has 0 N–H and O–H groups in total. The van der Waals surface area contributed by atoms with Crippen molar-refractivity contribution in [3.05, 3.63) is 130 Å². The van der Waals surface area contributed by atoms with Gasteiger partial charge in [0.2, 0.25) is 0 Å². The van der Waals surface area contributed by atoms with Crippen molar-refractivity contribution in [1.82, 2.24) is 9.55 Å². The summed E-state index contributed by atoms with van der Waals surface area (Å²) in [4.78, 5) is 18.0. The molecule has 0 saturated heterocycles. The number of nitrogens with zero attached hydrogens (tertiary/aromatic N) is 2. The number of halogens is 3. The van der Waals surface area contributed by atoms with Gasteiger partial charge in [-0.15, -0.1) is 0 Å². The molecule has 4 nitrogen and oxygen atoms in total. The lowest BCUT2D eigenvalue weighted by molar-refractivity contribution is -0.128. The van der Waals surface area contributed by atoms with Gasteiger partial charge in [0.25, 0.3) is 0 Å². The number of aromatic nitrogens is 2. The minimum atomic E-state index is -0.898. The third-order valence-corrected chi connectivity index (χ3v) is 6.44. The third kappa shape index (κ3) is 4.83. The highest BCUT2D eigenvalue weighted by atomic mass is 79.9. The Morgan fingerprint density at radius 1 is 0.861 bits per heavy atom. The van der Waals surface area contributed by atoms with Crippen molar-refractivity contribution in [2.45, 2.75) is 6.54 Å². The summed E-state index contributed by atoms with van der Waals surface area (Å²) in [5, 5.41) is 0. The molecule has 4 aromatic carbocycles. The van der Waals surface area contributed by atoms with Gasteiger partial charge >= 0.3 is 5.97 Å². The Labute approximate surface area is 214 Å². The van der Waals surface area contributed by atoms with Crippen LogP contribution in [0, 0.1) is 11.6 Å². The van der Waals surface area contributed by atoms with E-state index >= 15 is 0 Å². The zero-order chi connectivity index (χ0) is 25.1. The topological polar surface area (TPSA) is 44.1 Å². The maximum atomic E-state index is 14.9. The number of ether oxygens (including phenoxy) is 1. The molecule has 0 radical (unpaired) electrons. The zero-order valence-corrected chi connectivity index (χ0v) is 20.5. The number of rotatable bonds is 6. The summed E-state index contributed by atoms with van der Waals surface area (Å²) in [7, 11) is 0. The molecular weight excluding hydrogens is 526 g/mol. The van der Waals surface area contributed by atoms with Gasteiger partial charge in [-0.25, -0.2) is 18.6 Å². The van der Waals surface area contributed by atoms with E-state index in [0.717, 1.165) is 15.6 Å². The van der Waals surface area contributed by atoms with Gasteiger partial charge in [0.05, 0.1) is 23.2 Å². The van der Waals surface area contributed by atoms with Crippen LogP contribution in [0.1, 0.15) is 17.0 Å². The summed E-state index contributed by atoms with van der Waals surface area (Å²) in [5.41, 5.74) is 2.50. The molecule has 5 aromatic rings. The summed E-state index contributed by atoms with van der Waals surface area (Å²) >= 11 is 3.59. The van der Waals surface area contributed by atoms with Crippen molar-refractivity contribution < 1.29 is 18.3 Å². The molecule has 0 aliphatic heterocycles. The Morgan fingerprint density at radius 2 is 1.53 bits per heavy atom. The smallest absolute Gasteiger partial charge is 0.344 e. The Balaban J connectivity index is 1.66. The van der Waals surface area contributed by atoms with Crippen LogP contribution in [-0.4, -0.2) is 15.5 Å². The van der Waals surface area contributed by atoms with Crippen LogP contribution < -0.4 is 4.74 Å². The Bertz CT molecular complexity index is 1610. The van der Waals surface area contributed by atoms with Crippen molar-refractivity contribution in [3.63, 3.8) is 0 Å². The molecule has 1 heterocycles. The predicted octanol–water partition coefficient (Wildman–Crippen LogP) is 7.27. The highest BCUT2D eigenvalue weighted by Crippen LogP contribution is 2.28. The van der Waals surface area contributed by atoms with Crippen molar-refractivity contribution in [2.24, 2.45) is 0 Å². The fraction of sp³-hybridized carbons (Fsp3) is 0.0345. The lowest BCUT2D eigenvalue weighted by atomic mass is 10.0. The first-order chi connectivity index (χ1) is 17.5. The Morgan fingerprint density at radius 3 is 2.31 bits per heavy atom. The Hall–Kier alpha value is -4.10. The minimum absolute atomic E-state index is 0.0262. The molecule has 7 heteroatoms. The first-order valence-corrected chi connectivity index (χ1v) is 11.9. The number of esters is 1. The molecule has 0 fully saturated rings. The average molecular weight is 545 g/mol. The minimum Gasteiger partial charge on any atom is -0.420 e. The van der Waals surface area contributed by atoms with E-state index in [2.05, 4.69) is 15.9 Å². The lowest BCUT2D eigenvalue weighted by Crippen LogP contribution is -2.13. The summed E-state index contributed by atoms with van der Waals surface area (Å²) < 4.78 is 37.3. The maximum Gasteiger partial charge on any atom is 0.344 e. The van der Waals surface area contributed by atoms with E-state index in [0.29, 0.717) is 17.9 Å². The molecule has 1 aromatic heterocycles. The Kier molecular flexibility index (Phi) is 6.73. The summed E-state index contributed by atoms with van der Waals surface area (Å²) in [6.45, 7) is 0.445. The number of fused-ring (bicyclic) bond motifs is 1. The van der Waals surface area contributed by atoms with Gasteiger partial charge in [0.15, 0.2) is 11.6 Å². The molecule has 0 aliphatic rings. The van der Waals surface area contributed by atoms with Crippen LogP contribution in [0.5, 0.6) is 5.75 Å². The van der Waals surface area contributed by atoms with Crippen LogP contribution in [0.2, 0.25) is 0 Å². The number of benzene rings is 4. The SMILES string of the molecule is O=C(Oc1ccccc1F)C(=Cc1nc2ccccc2n1Cc1ccccc1Br)c1ccccc1F. The lowest BCUT2D eigenvalue weighted by Gasteiger charge is -2.12. The summed E-state index contributed by atoms with van der Waals surface area (Å²) in [5.74, 6) is -2.02. The van der Waals surface area contributed by atoms with Crippen LogP contribution in [-0.2, 0) is 11.3 Å². The van der Waals surface area contributed by atoms with Crippen LogP contribution >= 0.6 is 15.9 Å². The number of imidazole rings is 1. The zero-order valence-electron chi connectivity index (χ0n) is 18.9. The van der Waals surface area contributed by atoms with E-state index in [1.54, 1.807) is 12.1 Å². The van der Waals surface area contributed by atoms with Crippen molar-refractivity contribution >= 4 is 44.6 Å². The van der Waals surface area contributed by atoms with E-state index in [1.807, 2.05) is 53.1 Å². The van der Waals surface area contributed by atoms with Crippen LogP contribution in [0.3, 0.4) is 0 Å². The number of hydrogen-bond acceptors (Lipinski definition) is 3. The quantitative estimate of drug-likeness (QED) is 0.128. The van der Waals surface area contributed by atoms with Gasteiger partial charge in [-0.3, -0.25) is 0 Å². The second-order valence-corrected chi connectivity index (χ2v) is 8.85. The molecule has 0 amide bonds. The monoisotopic (exact) mass is 544 g/mol. The molecule has 0 saturated carbocycles. The highest BCUT2D eigenvalue weighted by molar-refractivity contribution is 9.10. The van der Waals surface area contributed by atoms with E-state index in [4.69, 9.17) is 9.72 Å². The van der Waals surface area contributed by atoms with E-state index < -0.39 is 17.6 Å². The van der Waals surface area contributed by atoms with Gasteiger partial charge < -0.3 is 9.30 Å². The molecule has 0 bridgehead atoms. The van der Waals surface area contributed by atoms with E-state index in [1.165, 1.54) is 42.5 Å². The fourth-order valence-corrected chi connectivity index (χ4v) is 4.32. The van der Waals surface area contributed by atoms with Gasteiger partial charge in [-0.1, -0.05) is 76.6 Å². The van der Waals surface area contributed by atoms with E-state index in [-0.39, 0.29) is 16.9 Å². The molecule has 0 atom stereocenters. The van der Waals surface area contributed by atoms with Crippen LogP contribution in [0.4, 0.5) is 8.78 Å². The first-order valence-electron chi connectivity index (χ1n) is 11.1. The standard InChI is InChI=1S/C29H19BrF2N2O2/c30-22-11-3-1-9-19(22)18-34-26-15-7-6-14-25(26)33-28(34)17-21(20-10-2-4-12-23(20)31)29(35)36-27-16-8-5-13-24(27)32/h1-17H,18H2. The van der Waals surface area contributed by atoms with Crippen molar-refractivity contribution in [2.75, 3.05) is 0 Å². The van der Waals surface area contributed by atoms with E-state index in [9.17, 15) is 13.6 Å². The molecule has 0 spiro atoms. The molecule has 36 heavy (non-hydrogen) atoms. The normalized spacial score (nSPS) is 11.6. The first kappa shape index (κ1) is 23.6. The maximum absolute atomic E-state index is 14.9. The molecule has 0 aliphatic carbocycles. The van der Waals surface area contributed by atoms with Gasteiger partial charge in [-0.05, 0) is 48.0 Å². The molecular formula is C29H19BrF2N2O2. The number of carbonyl (C=O) groups excluding carboxylic acids is 1. The predicted molar refractivity (Wildman–Crippen MR) is 139 cm³/mol. The van der Waals surface area contributed by atoms with Crippen molar-refractivity contribution in [1.29, 1.82) is 0 Å². The molecule has 0 unspecified atom stereocenters. The third-order valence-electron chi connectivity index (χ3n) is 5.67. The van der Waals surface area contributed by atoms with Gasteiger partial charge in [0.1, 0.15) is 11.6 Å². The summed E-state index contributed by atoms with van der Waals surface area (Å²) in [6, 6.07) is 26.8. The summed E-state index contributed by atoms with van der Waals surface area (Å²) in [6.07, 6.45) is 1.48. The molecule has 5 rings (SSSR count). The van der Waals surface area contributed by atoms with Crippen LogP contribution in [0.25, 0.3) is 22.7 Å². The van der Waals surface area contributed by atoms with Crippen molar-refractivity contribution in [3.8, 4) is 5.75 Å². The molecule has 178 valence electrons. The average Bonchev–Trinajstić information content (AvgIpc) is 3.23. The largest absolute Gasteiger partial charge is 0.420 e. The highest BCUT2D eigenvalue weighted by Gasteiger charge is 2.21. The fourth-order valence-electron chi connectivity index (χ4n) is 3.91. The second kappa shape index (κ2) is 10.3. The van der Waals surface area contributed by atoms with Gasteiger partial charge in [-0.2, -0.15) is 0 Å². The van der Waals surface area contributed by atoms with Gasteiger partial charge in [0, 0.05) is 10.0 Å². The number of hydrogen-bond donors (Lipinski definition) is 0.